The van der Waals surface area contributed by atoms with Gasteiger partial charge in [0.15, 0.2) is 5.75 Å². The molecule has 0 N–H and O–H groups in total. The summed E-state index contributed by atoms with van der Waals surface area (Å²) in [4.78, 5) is 22.6. The standard InChI is InChI=1S/C18H15ClN2O5/c1-3-25-18(22)17-15(19)13-8-5-9-14(16(13)20(17)2)26-12-7-4-6-11(10-12)21(23)24/h4-10H,3H2,1-2H3. The van der Waals surface area contributed by atoms with Crippen LogP contribution in [-0.2, 0) is 11.8 Å². The first kappa shape index (κ1) is 17.8. The molecule has 0 aliphatic rings. The molecule has 1 heterocycles. The third-order valence-corrected chi connectivity index (χ3v) is 4.22. The Morgan fingerprint density at radius 1 is 1.27 bits per heavy atom. The van der Waals surface area contributed by atoms with Crippen LogP contribution in [0.1, 0.15) is 17.4 Å². The van der Waals surface area contributed by atoms with Crippen LogP contribution in [-0.4, -0.2) is 22.1 Å². The molecule has 0 aliphatic carbocycles. The molecule has 3 aromatic rings. The average molecular weight is 375 g/mol. The number of halogens is 1. The summed E-state index contributed by atoms with van der Waals surface area (Å²) in [5.74, 6) is 0.196. The van der Waals surface area contributed by atoms with Crippen molar-refractivity contribution in [3.05, 3.63) is 63.3 Å². The molecule has 0 saturated heterocycles. The van der Waals surface area contributed by atoms with Gasteiger partial charge in [-0.25, -0.2) is 4.79 Å². The number of non-ortho nitro benzene ring substituents is 1. The van der Waals surface area contributed by atoms with Crippen LogP contribution in [0.2, 0.25) is 5.02 Å². The number of para-hydroxylation sites is 1. The first-order chi connectivity index (χ1) is 12.4. The van der Waals surface area contributed by atoms with Gasteiger partial charge in [-0.3, -0.25) is 10.1 Å². The summed E-state index contributed by atoms with van der Waals surface area (Å²) in [6, 6.07) is 11.1. The maximum Gasteiger partial charge on any atom is 0.356 e. The van der Waals surface area contributed by atoms with E-state index in [0.29, 0.717) is 22.4 Å². The van der Waals surface area contributed by atoms with Crippen molar-refractivity contribution >= 4 is 34.2 Å². The molecule has 0 aliphatic heterocycles. The van der Waals surface area contributed by atoms with Crippen LogP contribution in [0.5, 0.6) is 11.5 Å². The summed E-state index contributed by atoms with van der Waals surface area (Å²) in [5, 5.41) is 11.8. The van der Waals surface area contributed by atoms with Crippen molar-refractivity contribution in [2.75, 3.05) is 6.61 Å². The lowest BCUT2D eigenvalue weighted by atomic mass is 10.2. The normalized spacial score (nSPS) is 10.7. The highest BCUT2D eigenvalue weighted by atomic mass is 35.5. The van der Waals surface area contributed by atoms with Gasteiger partial charge < -0.3 is 14.0 Å². The third-order valence-electron chi connectivity index (χ3n) is 3.84. The minimum absolute atomic E-state index is 0.0770. The average Bonchev–Trinajstić information content (AvgIpc) is 2.87. The Morgan fingerprint density at radius 2 is 2.00 bits per heavy atom. The number of nitro benzene ring substituents is 1. The Hall–Kier alpha value is -3.06. The van der Waals surface area contributed by atoms with Crippen molar-refractivity contribution in [1.29, 1.82) is 0 Å². The molecule has 7 nitrogen and oxygen atoms in total. The molecule has 0 atom stereocenters. The zero-order valence-corrected chi connectivity index (χ0v) is 14.8. The van der Waals surface area contributed by atoms with Crippen molar-refractivity contribution in [2.24, 2.45) is 7.05 Å². The summed E-state index contributed by atoms with van der Waals surface area (Å²) < 4.78 is 12.5. The van der Waals surface area contributed by atoms with Crippen LogP contribution in [0.4, 0.5) is 5.69 Å². The number of nitrogens with zero attached hydrogens (tertiary/aromatic N) is 2. The maximum absolute atomic E-state index is 12.2. The van der Waals surface area contributed by atoms with Gasteiger partial charge in [0.2, 0.25) is 0 Å². The van der Waals surface area contributed by atoms with Crippen LogP contribution < -0.4 is 4.74 Å². The third kappa shape index (κ3) is 3.09. The molecule has 0 unspecified atom stereocenters. The molecule has 0 amide bonds. The Balaban J connectivity index is 2.10. The van der Waals surface area contributed by atoms with E-state index in [1.165, 1.54) is 18.2 Å². The summed E-state index contributed by atoms with van der Waals surface area (Å²) in [7, 11) is 1.68. The predicted octanol–water partition coefficient (Wildman–Crippen LogP) is 4.71. The molecule has 0 spiro atoms. The van der Waals surface area contributed by atoms with Gasteiger partial charge in [0.05, 0.1) is 28.1 Å². The van der Waals surface area contributed by atoms with Crippen LogP contribution in [0.15, 0.2) is 42.5 Å². The lowest BCUT2D eigenvalue weighted by molar-refractivity contribution is -0.384. The molecule has 1 aromatic heterocycles. The van der Waals surface area contributed by atoms with E-state index in [-0.39, 0.29) is 23.0 Å². The number of nitro groups is 1. The van der Waals surface area contributed by atoms with Gasteiger partial charge in [-0.05, 0) is 19.1 Å². The Labute approximate surface area is 153 Å². The van der Waals surface area contributed by atoms with E-state index >= 15 is 0 Å². The second-order valence-corrected chi connectivity index (χ2v) is 5.83. The number of rotatable bonds is 5. The number of benzene rings is 2. The number of hydrogen-bond donors (Lipinski definition) is 0. The molecule has 0 bridgehead atoms. The highest BCUT2D eigenvalue weighted by Gasteiger charge is 2.23. The fraction of sp³-hybridized carbons (Fsp3) is 0.167. The van der Waals surface area contributed by atoms with E-state index in [1.54, 1.807) is 42.8 Å². The molecular weight excluding hydrogens is 360 g/mol. The summed E-state index contributed by atoms with van der Waals surface area (Å²) in [5.41, 5.74) is 0.734. The van der Waals surface area contributed by atoms with Crippen molar-refractivity contribution in [3.63, 3.8) is 0 Å². The smallest absolute Gasteiger partial charge is 0.356 e. The Morgan fingerprint density at radius 3 is 2.69 bits per heavy atom. The molecule has 2 aromatic carbocycles. The predicted molar refractivity (Wildman–Crippen MR) is 97.1 cm³/mol. The SMILES string of the molecule is CCOC(=O)c1c(Cl)c2cccc(Oc3cccc([N+](=O)[O-])c3)c2n1C. The minimum atomic E-state index is -0.530. The van der Waals surface area contributed by atoms with Crippen LogP contribution in [0, 0.1) is 10.1 Å². The van der Waals surface area contributed by atoms with Gasteiger partial charge in [0.1, 0.15) is 11.4 Å². The Kier molecular flexibility index (Phi) is 4.81. The lowest BCUT2D eigenvalue weighted by Crippen LogP contribution is -2.10. The first-order valence-corrected chi connectivity index (χ1v) is 8.18. The number of fused-ring (bicyclic) bond motifs is 1. The minimum Gasteiger partial charge on any atom is -0.461 e. The van der Waals surface area contributed by atoms with Crippen molar-refractivity contribution < 1.29 is 19.2 Å². The van der Waals surface area contributed by atoms with Gasteiger partial charge in [-0.2, -0.15) is 0 Å². The highest BCUT2D eigenvalue weighted by Crippen LogP contribution is 2.38. The lowest BCUT2D eigenvalue weighted by Gasteiger charge is -2.09. The number of esters is 1. The molecule has 134 valence electrons. The number of aromatic nitrogens is 1. The van der Waals surface area contributed by atoms with Crippen LogP contribution >= 0.6 is 11.6 Å². The van der Waals surface area contributed by atoms with E-state index in [0.717, 1.165) is 0 Å². The molecule has 0 radical (unpaired) electrons. The van der Waals surface area contributed by atoms with Gasteiger partial charge in [0.25, 0.3) is 5.69 Å². The zero-order chi connectivity index (χ0) is 18.8. The van der Waals surface area contributed by atoms with Crippen LogP contribution in [0.25, 0.3) is 10.9 Å². The number of ether oxygens (including phenoxy) is 2. The fourth-order valence-electron chi connectivity index (χ4n) is 2.73. The number of aryl methyl sites for hydroxylation is 1. The quantitative estimate of drug-likeness (QED) is 0.367. The molecule has 3 rings (SSSR count). The maximum atomic E-state index is 12.2. The topological polar surface area (TPSA) is 83.6 Å². The fourth-order valence-corrected chi connectivity index (χ4v) is 3.08. The number of hydrogen-bond acceptors (Lipinski definition) is 5. The monoisotopic (exact) mass is 374 g/mol. The van der Waals surface area contributed by atoms with E-state index in [1.807, 2.05) is 0 Å². The second-order valence-electron chi connectivity index (χ2n) is 5.45. The van der Waals surface area contributed by atoms with E-state index < -0.39 is 10.9 Å². The van der Waals surface area contributed by atoms with E-state index in [2.05, 4.69) is 0 Å². The molecule has 0 saturated carbocycles. The van der Waals surface area contributed by atoms with Gasteiger partial charge in [-0.1, -0.05) is 29.8 Å². The second kappa shape index (κ2) is 7.05. The van der Waals surface area contributed by atoms with Gasteiger partial charge in [-0.15, -0.1) is 0 Å². The highest BCUT2D eigenvalue weighted by molar-refractivity contribution is 6.38. The summed E-state index contributed by atoms with van der Waals surface area (Å²) in [6.07, 6.45) is 0. The molecular formula is C18H15ClN2O5. The van der Waals surface area contributed by atoms with E-state index in [9.17, 15) is 14.9 Å². The largest absolute Gasteiger partial charge is 0.461 e. The number of carbonyl (C=O) groups excluding carboxylic acids is 1. The number of carbonyl (C=O) groups is 1. The van der Waals surface area contributed by atoms with Gasteiger partial charge >= 0.3 is 5.97 Å². The first-order valence-electron chi connectivity index (χ1n) is 7.80. The molecule has 8 heteroatoms. The van der Waals surface area contributed by atoms with Crippen molar-refractivity contribution in [1.82, 2.24) is 4.57 Å². The molecule has 26 heavy (non-hydrogen) atoms. The summed E-state index contributed by atoms with van der Waals surface area (Å²) in [6.45, 7) is 1.94. The Bertz CT molecular complexity index is 1010. The van der Waals surface area contributed by atoms with Crippen molar-refractivity contribution in [3.8, 4) is 11.5 Å². The zero-order valence-electron chi connectivity index (χ0n) is 14.1. The summed E-state index contributed by atoms with van der Waals surface area (Å²) >= 11 is 6.37. The van der Waals surface area contributed by atoms with Crippen LogP contribution in [0.3, 0.4) is 0 Å². The van der Waals surface area contributed by atoms with Crippen molar-refractivity contribution in [2.45, 2.75) is 6.92 Å². The van der Waals surface area contributed by atoms with E-state index in [4.69, 9.17) is 21.1 Å². The molecule has 0 fully saturated rings. The van der Waals surface area contributed by atoms with Gasteiger partial charge in [0, 0.05) is 18.5 Å².